The molecule has 1 saturated heterocycles. The van der Waals surface area contributed by atoms with Crippen molar-refractivity contribution in [2.24, 2.45) is 0 Å². The lowest BCUT2D eigenvalue weighted by Crippen LogP contribution is -2.36. The molecule has 0 spiro atoms. The van der Waals surface area contributed by atoms with Crippen LogP contribution in [-0.2, 0) is 13.1 Å². The summed E-state index contributed by atoms with van der Waals surface area (Å²) in [7, 11) is 0. The van der Waals surface area contributed by atoms with E-state index in [1.165, 1.54) is 43.6 Å². The lowest BCUT2D eigenvalue weighted by atomic mass is 10.2. The summed E-state index contributed by atoms with van der Waals surface area (Å²) in [6, 6.07) is 21.8. The second-order valence-corrected chi connectivity index (χ2v) is 7.72. The molecule has 0 radical (unpaired) electrons. The molecule has 146 valence electrons. The zero-order valence-electron chi connectivity index (χ0n) is 16.9. The molecule has 3 nitrogen and oxygen atoms in total. The molecule has 0 unspecified atom stereocenters. The number of rotatable bonds is 7. The maximum absolute atomic E-state index is 2.67. The summed E-state index contributed by atoms with van der Waals surface area (Å²) in [5.74, 6) is 0. The number of nitrogens with zero attached hydrogens (tertiary/aromatic N) is 3. The van der Waals surface area contributed by atoms with Gasteiger partial charge in [0, 0.05) is 52.4 Å². The third-order valence-corrected chi connectivity index (χ3v) is 5.52. The van der Waals surface area contributed by atoms with E-state index in [2.05, 4.69) is 82.3 Å². The van der Waals surface area contributed by atoms with Gasteiger partial charge >= 0.3 is 0 Å². The summed E-state index contributed by atoms with van der Waals surface area (Å²) < 4.78 is 0. The van der Waals surface area contributed by atoms with Crippen LogP contribution in [0.15, 0.2) is 60.7 Å². The van der Waals surface area contributed by atoms with Gasteiger partial charge in [-0.1, -0.05) is 74.0 Å². The molecule has 0 amide bonds. The largest absolute Gasteiger partial charge is 0.301 e. The Morgan fingerprint density at radius 3 is 1.41 bits per heavy atom. The predicted molar refractivity (Wildman–Crippen MR) is 115 cm³/mol. The summed E-state index contributed by atoms with van der Waals surface area (Å²) in [6.45, 7) is 12.6. The summed E-state index contributed by atoms with van der Waals surface area (Å²) in [5, 5.41) is 0. The Hall–Kier alpha value is -1.68. The maximum Gasteiger partial charge on any atom is 0.0234 e. The van der Waals surface area contributed by atoms with Crippen molar-refractivity contribution in [1.82, 2.24) is 14.7 Å². The van der Waals surface area contributed by atoms with Crippen molar-refractivity contribution in [3.8, 4) is 0 Å². The maximum atomic E-state index is 2.67. The molecular weight excluding hydrogens is 330 g/mol. The van der Waals surface area contributed by atoms with E-state index in [1.807, 2.05) is 0 Å². The normalized spacial score (nSPS) is 18.0. The van der Waals surface area contributed by atoms with E-state index in [0.29, 0.717) is 0 Å². The minimum atomic E-state index is 1.06. The molecule has 1 fully saturated rings. The van der Waals surface area contributed by atoms with Gasteiger partial charge in [0.25, 0.3) is 0 Å². The molecule has 0 atom stereocenters. The fourth-order valence-corrected chi connectivity index (χ4v) is 3.79. The fourth-order valence-electron chi connectivity index (χ4n) is 3.79. The Kier molecular flexibility index (Phi) is 8.34. The monoisotopic (exact) mass is 365 g/mol. The second kappa shape index (κ2) is 11.2. The third kappa shape index (κ3) is 7.10. The Balaban J connectivity index is 1.64. The molecule has 1 aliphatic rings. The van der Waals surface area contributed by atoms with E-state index in [9.17, 15) is 0 Å². The van der Waals surface area contributed by atoms with Crippen molar-refractivity contribution < 1.29 is 0 Å². The van der Waals surface area contributed by atoms with Gasteiger partial charge in [0.1, 0.15) is 0 Å². The van der Waals surface area contributed by atoms with E-state index in [4.69, 9.17) is 0 Å². The Morgan fingerprint density at radius 2 is 1.00 bits per heavy atom. The van der Waals surface area contributed by atoms with Crippen LogP contribution < -0.4 is 0 Å². The van der Waals surface area contributed by atoms with Gasteiger partial charge in [0.2, 0.25) is 0 Å². The van der Waals surface area contributed by atoms with Gasteiger partial charge in [-0.3, -0.25) is 9.80 Å². The molecule has 0 N–H and O–H groups in total. The van der Waals surface area contributed by atoms with Crippen LogP contribution in [0, 0.1) is 0 Å². The highest BCUT2D eigenvalue weighted by molar-refractivity contribution is 5.15. The van der Waals surface area contributed by atoms with Gasteiger partial charge in [-0.25, -0.2) is 0 Å². The SMILES string of the molecule is CCCCN1CCN(Cc2ccccc2)CCN(Cc2ccccc2)CC1. The van der Waals surface area contributed by atoms with Gasteiger partial charge in [0.05, 0.1) is 0 Å². The van der Waals surface area contributed by atoms with Crippen molar-refractivity contribution in [3.63, 3.8) is 0 Å². The zero-order valence-corrected chi connectivity index (χ0v) is 16.9. The highest BCUT2D eigenvalue weighted by Crippen LogP contribution is 2.10. The average molecular weight is 366 g/mol. The van der Waals surface area contributed by atoms with E-state index in [-0.39, 0.29) is 0 Å². The van der Waals surface area contributed by atoms with Crippen molar-refractivity contribution in [1.29, 1.82) is 0 Å². The molecule has 0 aliphatic carbocycles. The molecule has 0 aromatic heterocycles. The smallest absolute Gasteiger partial charge is 0.0234 e. The van der Waals surface area contributed by atoms with Crippen LogP contribution in [-0.4, -0.2) is 60.5 Å². The number of benzene rings is 2. The minimum Gasteiger partial charge on any atom is -0.301 e. The second-order valence-electron chi connectivity index (χ2n) is 7.72. The lowest BCUT2D eigenvalue weighted by Gasteiger charge is -2.26. The molecule has 27 heavy (non-hydrogen) atoms. The highest BCUT2D eigenvalue weighted by atomic mass is 15.3. The first kappa shape index (κ1) is 20.1. The molecular formula is C24H35N3. The molecule has 1 heterocycles. The van der Waals surface area contributed by atoms with E-state index < -0.39 is 0 Å². The van der Waals surface area contributed by atoms with Gasteiger partial charge in [-0.2, -0.15) is 0 Å². The Bertz CT molecular complexity index is 575. The van der Waals surface area contributed by atoms with Crippen LogP contribution in [0.25, 0.3) is 0 Å². The quantitative estimate of drug-likeness (QED) is 0.731. The first-order chi connectivity index (χ1) is 13.3. The first-order valence-corrected chi connectivity index (χ1v) is 10.6. The standard InChI is InChI=1S/C24H35N3/c1-2-3-14-25-15-17-26(21-23-10-6-4-7-11-23)19-20-27(18-16-25)22-24-12-8-5-9-13-24/h4-13H,2-3,14-22H2,1H3. The summed E-state index contributed by atoms with van der Waals surface area (Å²) in [6.07, 6.45) is 2.58. The van der Waals surface area contributed by atoms with Crippen LogP contribution in [0.3, 0.4) is 0 Å². The van der Waals surface area contributed by atoms with Crippen LogP contribution in [0.4, 0.5) is 0 Å². The molecule has 0 bridgehead atoms. The Labute approximate surface area is 165 Å². The molecule has 2 aromatic rings. The minimum absolute atomic E-state index is 1.06. The summed E-state index contributed by atoms with van der Waals surface area (Å²) in [5.41, 5.74) is 2.85. The van der Waals surface area contributed by atoms with Crippen LogP contribution in [0.1, 0.15) is 30.9 Å². The molecule has 1 aliphatic heterocycles. The van der Waals surface area contributed by atoms with Crippen LogP contribution >= 0.6 is 0 Å². The number of unbranched alkanes of at least 4 members (excludes halogenated alkanes) is 1. The van der Waals surface area contributed by atoms with Crippen molar-refractivity contribution >= 4 is 0 Å². The highest BCUT2D eigenvalue weighted by Gasteiger charge is 2.16. The van der Waals surface area contributed by atoms with E-state index >= 15 is 0 Å². The van der Waals surface area contributed by atoms with Crippen molar-refractivity contribution in [3.05, 3.63) is 71.8 Å². The number of hydrogen-bond acceptors (Lipinski definition) is 3. The zero-order chi connectivity index (χ0) is 18.7. The van der Waals surface area contributed by atoms with Gasteiger partial charge in [-0.05, 0) is 24.1 Å². The van der Waals surface area contributed by atoms with Gasteiger partial charge in [-0.15, -0.1) is 0 Å². The lowest BCUT2D eigenvalue weighted by molar-refractivity contribution is 0.209. The van der Waals surface area contributed by atoms with Crippen molar-refractivity contribution in [2.45, 2.75) is 32.9 Å². The Morgan fingerprint density at radius 1 is 0.593 bits per heavy atom. The van der Waals surface area contributed by atoms with Crippen LogP contribution in [0.5, 0.6) is 0 Å². The first-order valence-electron chi connectivity index (χ1n) is 10.6. The van der Waals surface area contributed by atoms with E-state index in [0.717, 1.165) is 39.3 Å². The molecule has 2 aromatic carbocycles. The average Bonchev–Trinajstić information content (AvgIpc) is 2.80. The van der Waals surface area contributed by atoms with Gasteiger partial charge in [0.15, 0.2) is 0 Å². The van der Waals surface area contributed by atoms with Gasteiger partial charge < -0.3 is 4.90 Å². The molecule has 3 rings (SSSR count). The summed E-state index contributed by atoms with van der Waals surface area (Å²) >= 11 is 0. The predicted octanol–water partition coefficient (Wildman–Crippen LogP) is 4.11. The van der Waals surface area contributed by atoms with Crippen molar-refractivity contribution in [2.75, 3.05) is 45.8 Å². The van der Waals surface area contributed by atoms with Crippen LogP contribution in [0.2, 0.25) is 0 Å². The third-order valence-electron chi connectivity index (χ3n) is 5.52. The summed E-state index contributed by atoms with van der Waals surface area (Å²) in [4.78, 5) is 7.94. The fraction of sp³-hybridized carbons (Fsp3) is 0.500. The molecule has 3 heteroatoms. The topological polar surface area (TPSA) is 9.72 Å². The number of hydrogen-bond donors (Lipinski definition) is 0. The molecule has 0 saturated carbocycles. The van der Waals surface area contributed by atoms with E-state index in [1.54, 1.807) is 0 Å².